The largest absolute Gasteiger partial charge is 0.489 e. The Hall–Kier alpha value is -1.77. The van der Waals surface area contributed by atoms with E-state index < -0.39 is 5.97 Å². The molecular formula is C13H16O3. The summed E-state index contributed by atoms with van der Waals surface area (Å²) in [7, 11) is 0. The molecule has 0 saturated carbocycles. The van der Waals surface area contributed by atoms with Gasteiger partial charge >= 0.3 is 5.97 Å². The third-order valence-corrected chi connectivity index (χ3v) is 2.38. The lowest BCUT2D eigenvalue weighted by atomic mass is 10.1. The maximum atomic E-state index is 10.4. The van der Waals surface area contributed by atoms with Crippen LogP contribution in [0.4, 0.5) is 0 Å². The Bertz CT molecular complexity index is 419. The molecule has 0 aromatic heterocycles. The van der Waals surface area contributed by atoms with Gasteiger partial charge in [0.05, 0.1) is 0 Å². The molecule has 0 radical (unpaired) electrons. The third-order valence-electron chi connectivity index (χ3n) is 2.38. The van der Waals surface area contributed by atoms with Gasteiger partial charge in [0.25, 0.3) is 0 Å². The molecule has 1 aromatic carbocycles. The number of hydrogen-bond acceptors (Lipinski definition) is 2. The van der Waals surface area contributed by atoms with Crippen molar-refractivity contribution in [2.24, 2.45) is 0 Å². The first kappa shape index (κ1) is 12.3. The first-order valence-corrected chi connectivity index (χ1v) is 5.10. The zero-order valence-corrected chi connectivity index (χ0v) is 9.78. The Morgan fingerprint density at radius 2 is 2.12 bits per heavy atom. The van der Waals surface area contributed by atoms with Gasteiger partial charge in [-0.2, -0.15) is 0 Å². The van der Waals surface area contributed by atoms with Gasteiger partial charge in [0.1, 0.15) is 12.4 Å². The molecular weight excluding hydrogens is 204 g/mol. The molecule has 0 aliphatic carbocycles. The summed E-state index contributed by atoms with van der Waals surface area (Å²) in [6.07, 6.45) is 1.16. The van der Waals surface area contributed by atoms with E-state index in [1.807, 2.05) is 32.0 Å². The molecule has 1 rings (SSSR count). The minimum atomic E-state index is -0.943. The molecule has 86 valence electrons. The molecule has 0 amide bonds. The van der Waals surface area contributed by atoms with Crippen molar-refractivity contribution in [1.82, 2.24) is 0 Å². The van der Waals surface area contributed by atoms with E-state index in [1.54, 1.807) is 6.92 Å². The molecule has 1 aromatic rings. The van der Waals surface area contributed by atoms with Gasteiger partial charge in [0.15, 0.2) is 0 Å². The van der Waals surface area contributed by atoms with Gasteiger partial charge in [-0.25, -0.2) is 4.79 Å². The summed E-state index contributed by atoms with van der Waals surface area (Å²) in [5.74, 6) is -0.139. The zero-order valence-electron chi connectivity index (χ0n) is 9.78. The molecule has 1 N–H and O–H groups in total. The summed E-state index contributed by atoms with van der Waals surface area (Å²) in [5.41, 5.74) is 2.94. The number of ether oxygens (including phenoxy) is 1. The third kappa shape index (κ3) is 3.42. The van der Waals surface area contributed by atoms with Crippen LogP contribution >= 0.6 is 0 Å². The highest BCUT2D eigenvalue weighted by Crippen LogP contribution is 2.20. The number of rotatable bonds is 4. The maximum Gasteiger partial charge on any atom is 0.328 e. The molecule has 0 spiro atoms. The van der Waals surface area contributed by atoms with Gasteiger partial charge in [-0.05, 0) is 43.5 Å². The van der Waals surface area contributed by atoms with E-state index in [0.29, 0.717) is 12.2 Å². The Labute approximate surface area is 95.4 Å². The maximum absolute atomic E-state index is 10.4. The van der Waals surface area contributed by atoms with Gasteiger partial charge in [-0.3, -0.25) is 0 Å². The van der Waals surface area contributed by atoms with E-state index in [2.05, 4.69) is 0 Å². The second-order valence-electron chi connectivity index (χ2n) is 3.82. The topological polar surface area (TPSA) is 46.5 Å². The average molecular weight is 220 g/mol. The van der Waals surface area contributed by atoms with Gasteiger partial charge in [0.2, 0.25) is 0 Å². The molecule has 0 bridgehead atoms. The van der Waals surface area contributed by atoms with Gasteiger partial charge in [0, 0.05) is 6.08 Å². The number of benzene rings is 1. The van der Waals surface area contributed by atoms with E-state index in [-0.39, 0.29) is 0 Å². The molecule has 0 heterocycles. The van der Waals surface area contributed by atoms with E-state index >= 15 is 0 Å². The van der Waals surface area contributed by atoms with Crippen molar-refractivity contribution in [2.75, 3.05) is 6.61 Å². The van der Waals surface area contributed by atoms with Crippen LogP contribution in [-0.2, 0) is 4.79 Å². The van der Waals surface area contributed by atoms with Crippen LogP contribution in [-0.4, -0.2) is 17.7 Å². The van der Waals surface area contributed by atoms with Crippen molar-refractivity contribution in [3.63, 3.8) is 0 Å². The Morgan fingerprint density at radius 1 is 1.44 bits per heavy atom. The number of hydrogen-bond donors (Lipinski definition) is 1. The van der Waals surface area contributed by atoms with E-state index in [0.717, 1.165) is 23.0 Å². The summed E-state index contributed by atoms with van der Waals surface area (Å²) >= 11 is 0. The van der Waals surface area contributed by atoms with Crippen molar-refractivity contribution in [3.05, 3.63) is 41.0 Å². The van der Waals surface area contributed by atoms with E-state index in [1.165, 1.54) is 0 Å². The van der Waals surface area contributed by atoms with Crippen molar-refractivity contribution < 1.29 is 14.6 Å². The molecule has 0 unspecified atom stereocenters. The van der Waals surface area contributed by atoms with Crippen molar-refractivity contribution in [1.29, 1.82) is 0 Å². The van der Waals surface area contributed by atoms with Crippen molar-refractivity contribution in [3.8, 4) is 5.75 Å². The quantitative estimate of drug-likeness (QED) is 0.793. The monoisotopic (exact) mass is 220 g/mol. The van der Waals surface area contributed by atoms with Crippen LogP contribution in [0.2, 0.25) is 0 Å². The second kappa shape index (κ2) is 5.35. The summed E-state index contributed by atoms with van der Waals surface area (Å²) in [4.78, 5) is 10.4. The standard InChI is InChI=1S/C13H16O3/c1-9(7-13(14)15)8-16-12-6-4-5-10(2)11(12)3/h4-7H,8H2,1-3H3,(H,14,15). The summed E-state index contributed by atoms with van der Waals surface area (Å²) < 4.78 is 5.55. The zero-order chi connectivity index (χ0) is 12.1. The van der Waals surface area contributed by atoms with Gasteiger partial charge in [-0.1, -0.05) is 12.1 Å². The lowest BCUT2D eigenvalue weighted by Gasteiger charge is -2.10. The highest BCUT2D eigenvalue weighted by atomic mass is 16.5. The lowest BCUT2D eigenvalue weighted by molar-refractivity contribution is -0.131. The van der Waals surface area contributed by atoms with Crippen LogP contribution in [0.1, 0.15) is 18.1 Å². The SMILES string of the molecule is CC(=CC(=O)O)COc1cccc(C)c1C. The molecule has 0 aliphatic heterocycles. The van der Waals surface area contributed by atoms with Crippen LogP contribution in [0.3, 0.4) is 0 Å². The Morgan fingerprint density at radius 3 is 2.75 bits per heavy atom. The highest BCUT2D eigenvalue weighted by Gasteiger charge is 2.02. The summed E-state index contributed by atoms with van der Waals surface area (Å²) in [5, 5.41) is 8.55. The lowest BCUT2D eigenvalue weighted by Crippen LogP contribution is -2.02. The second-order valence-corrected chi connectivity index (χ2v) is 3.82. The van der Waals surface area contributed by atoms with Gasteiger partial charge in [-0.15, -0.1) is 0 Å². The van der Waals surface area contributed by atoms with Crippen molar-refractivity contribution >= 4 is 5.97 Å². The smallest absolute Gasteiger partial charge is 0.328 e. The fraction of sp³-hybridized carbons (Fsp3) is 0.308. The fourth-order valence-electron chi connectivity index (χ4n) is 1.32. The molecule has 0 atom stereocenters. The molecule has 0 saturated heterocycles. The van der Waals surface area contributed by atoms with Crippen LogP contribution in [0.25, 0.3) is 0 Å². The fourth-order valence-corrected chi connectivity index (χ4v) is 1.32. The Kier molecular flexibility index (Phi) is 4.11. The first-order valence-electron chi connectivity index (χ1n) is 5.10. The normalized spacial score (nSPS) is 11.3. The summed E-state index contributed by atoms with van der Waals surface area (Å²) in [6.45, 7) is 6.04. The number of carboxylic acid groups (broad SMARTS) is 1. The number of aliphatic carboxylic acids is 1. The molecule has 3 nitrogen and oxygen atoms in total. The van der Waals surface area contributed by atoms with E-state index in [4.69, 9.17) is 9.84 Å². The van der Waals surface area contributed by atoms with Gasteiger partial charge < -0.3 is 9.84 Å². The van der Waals surface area contributed by atoms with E-state index in [9.17, 15) is 4.79 Å². The predicted octanol–water partition coefficient (Wildman–Crippen LogP) is 2.71. The Balaban J connectivity index is 2.68. The molecule has 3 heteroatoms. The molecule has 0 aliphatic rings. The summed E-state index contributed by atoms with van der Waals surface area (Å²) in [6, 6.07) is 5.83. The first-order chi connectivity index (χ1) is 7.50. The predicted molar refractivity (Wildman–Crippen MR) is 62.8 cm³/mol. The van der Waals surface area contributed by atoms with Crippen LogP contribution < -0.4 is 4.74 Å². The van der Waals surface area contributed by atoms with Crippen LogP contribution in [0, 0.1) is 13.8 Å². The minimum absolute atomic E-state index is 0.302. The van der Waals surface area contributed by atoms with Crippen LogP contribution in [0.15, 0.2) is 29.8 Å². The number of aryl methyl sites for hydroxylation is 1. The number of carbonyl (C=O) groups is 1. The highest BCUT2D eigenvalue weighted by molar-refractivity contribution is 5.80. The number of carboxylic acids is 1. The van der Waals surface area contributed by atoms with Crippen LogP contribution in [0.5, 0.6) is 5.75 Å². The minimum Gasteiger partial charge on any atom is -0.489 e. The molecule has 0 fully saturated rings. The van der Waals surface area contributed by atoms with Crippen molar-refractivity contribution in [2.45, 2.75) is 20.8 Å². The molecule has 16 heavy (non-hydrogen) atoms. The average Bonchev–Trinajstić information content (AvgIpc) is 2.19.